The number of hydrogen-bond donors (Lipinski definition) is 0. The molecule has 3 rings (SSSR count). The van der Waals surface area contributed by atoms with Crippen molar-refractivity contribution in [3.63, 3.8) is 0 Å². The van der Waals surface area contributed by atoms with Crippen LogP contribution < -0.4 is 0 Å². The molecule has 1 aliphatic carbocycles. The summed E-state index contributed by atoms with van der Waals surface area (Å²) in [5.74, 6) is 0.0567. The lowest BCUT2D eigenvalue weighted by Gasteiger charge is -2.09. The number of hydrogen-bond acceptors (Lipinski definition) is 5. The van der Waals surface area contributed by atoms with Crippen molar-refractivity contribution < 1.29 is 9.59 Å². The fourth-order valence-electron chi connectivity index (χ4n) is 2.39. The number of Topliss-reactive ketones (excluding diaryl/α,β-unsaturated/α-hetero) is 2. The van der Waals surface area contributed by atoms with Gasteiger partial charge in [0.25, 0.3) is 0 Å². The minimum Gasteiger partial charge on any atom is -0.299 e. The van der Waals surface area contributed by atoms with Crippen molar-refractivity contribution in [2.75, 3.05) is 6.26 Å². The highest BCUT2D eigenvalue weighted by Crippen LogP contribution is 2.31. The van der Waals surface area contributed by atoms with E-state index in [1.54, 1.807) is 17.1 Å². The first-order valence-corrected chi connectivity index (χ1v) is 9.36. The Labute approximate surface area is 147 Å². The Morgan fingerprint density at radius 2 is 2.17 bits per heavy atom. The summed E-state index contributed by atoms with van der Waals surface area (Å²) in [5.41, 5.74) is 1.42. The van der Waals surface area contributed by atoms with E-state index in [9.17, 15) is 9.59 Å². The summed E-state index contributed by atoms with van der Waals surface area (Å²) in [6.45, 7) is 0.450. The maximum atomic E-state index is 12.5. The molecule has 1 fully saturated rings. The van der Waals surface area contributed by atoms with Crippen molar-refractivity contribution >= 4 is 39.3 Å². The molecule has 0 atom stereocenters. The number of nitrogens with zero attached hydrogens (tertiary/aromatic N) is 3. The molecule has 0 amide bonds. The standard InChI is InChI=1S/C16H16BrN3O2S/c1-23-16-18-9-20(19-16)8-11-6-12(17)4-5-13(11)15(22)7-14(21)10-2-3-10/h4-6,9-10H,2-3,7-8H2,1H3. The van der Waals surface area contributed by atoms with Crippen LogP contribution in [0.1, 0.15) is 35.2 Å². The van der Waals surface area contributed by atoms with Gasteiger partial charge in [-0.25, -0.2) is 9.67 Å². The van der Waals surface area contributed by atoms with Crippen molar-refractivity contribution in [3.05, 3.63) is 40.1 Å². The molecule has 1 aromatic carbocycles. The number of carbonyl (C=O) groups excluding carboxylic acids is 2. The van der Waals surface area contributed by atoms with Crippen molar-refractivity contribution in [1.29, 1.82) is 0 Å². The van der Waals surface area contributed by atoms with Crippen LogP contribution in [0.15, 0.2) is 34.2 Å². The quantitative estimate of drug-likeness (QED) is 0.409. The highest BCUT2D eigenvalue weighted by Gasteiger charge is 2.31. The van der Waals surface area contributed by atoms with Crippen molar-refractivity contribution in [2.45, 2.75) is 31.0 Å². The Morgan fingerprint density at radius 3 is 2.83 bits per heavy atom. The molecule has 1 heterocycles. The number of carbonyl (C=O) groups is 2. The molecule has 0 aliphatic heterocycles. The minimum absolute atomic E-state index is 0.00722. The first kappa shape index (κ1) is 16.4. The van der Waals surface area contributed by atoms with Gasteiger partial charge in [-0.2, -0.15) is 0 Å². The van der Waals surface area contributed by atoms with Crippen molar-refractivity contribution in [2.24, 2.45) is 5.92 Å². The summed E-state index contributed by atoms with van der Waals surface area (Å²) in [5, 5.41) is 5.02. The molecular formula is C16H16BrN3O2S. The molecule has 0 unspecified atom stereocenters. The van der Waals surface area contributed by atoms with E-state index in [2.05, 4.69) is 26.0 Å². The van der Waals surface area contributed by atoms with Gasteiger partial charge in [0.05, 0.1) is 13.0 Å². The van der Waals surface area contributed by atoms with Gasteiger partial charge < -0.3 is 0 Å². The number of rotatable bonds is 7. The Morgan fingerprint density at radius 1 is 1.39 bits per heavy atom. The van der Waals surface area contributed by atoms with Crippen LogP contribution in [0.3, 0.4) is 0 Å². The summed E-state index contributed by atoms with van der Waals surface area (Å²) in [6.07, 6.45) is 5.41. The molecule has 23 heavy (non-hydrogen) atoms. The fraction of sp³-hybridized carbons (Fsp3) is 0.375. The van der Waals surface area contributed by atoms with Gasteiger partial charge in [-0.15, -0.1) is 5.10 Å². The van der Waals surface area contributed by atoms with E-state index in [1.807, 2.05) is 18.4 Å². The Balaban J connectivity index is 1.81. The highest BCUT2D eigenvalue weighted by atomic mass is 79.9. The Hall–Kier alpha value is -1.47. The van der Waals surface area contributed by atoms with Crippen molar-refractivity contribution in [1.82, 2.24) is 14.8 Å². The van der Waals surface area contributed by atoms with Crippen LogP contribution in [0.5, 0.6) is 0 Å². The van der Waals surface area contributed by atoms with E-state index in [-0.39, 0.29) is 23.9 Å². The number of aromatic nitrogens is 3. The summed E-state index contributed by atoms with van der Waals surface area (Å²) in [6, 6.07) is 5.50. The van der Waals surface area contributed by atoms with Crippen LogP contribution in [0, 0.1) is 5.92 Å². The fourth-order valence-corrected chi connectivity index (χ4v) is 3.14. The lowest BCUT2D eigenvalue weighted by molar-refractivity contribution is -0.119. The van der Waals surface area contributed by atoms with Gasteiger partial charge in [-0.3, -0.25) is 9.59 Å². The third-order valence-corrected chi connectivity index (χ3v) is 4.81. The lowest BCUT2D eigenvalue weighted by Crippen LogP contribution is -2.13. The summed E-state index contributed by atoms with van der Waals surface area (Å²) < 4.78 is 2.59. The predicted molar refractivity (Wildman–Crippen MR) is 91.7 cm³/mol. The number of ketones is 2. The SMILES string of the molecule is CSc1ncn(Cc2cc(Br)ccc2C(=O)CC(=O)C2CC2)n1. The summed E-state index contributed by atoms with van der Waals surface area (Å²) in [7, 11) is 0. The third kappa shape index (κ3) is 4.09. The van der Waals surface area contributed by atoms with Crippen LogP contribution in [-0.4, -0.2) is 32.6 Å². The molecule has 0 saturated heterocycles. The van der Waals surface area contributed by atoms with Gasteiger partial charge in [-0.05, 0) is 42.9 Å². The molecule has 0 radical (unpaired) electrons. The summed E-state index contributed by atoms with van der Waals surface area (Å²) in [4.78, 5) is 28.6. The molecule has 0 spiro atoms. The zero-order valence-corrected chi connectivity index (χ0v) is 15.1. The number of thioether (sulfide) groups is 1. The Bertz CT molecular complexity index is 756. The molecule has 0 N–H and O–H groups in total. The van der Waals surface area contributed by atoms with E-state index in [0.717, 1.165) is 22.9 Å². The summed E-state index contributed by atoms with van der Waals surface area (Å²) >= 11 is 4.90. The van der Waals surface area contributed by atoms with Gasteiger partial charge >= 0.3 is 0 Å². The molecule has 5 nitrogen and oxygen atoms in total. The monoisotopic (exact) mass is 393 g/mol. The maximum absolute atomic E-state index is 12.5. The first-order chi connectivity index (χ1) is 11.1. The van der Waals surface area contributed by atoms with Crippen LogP contribution in [0.2, 0.25) is 0 Å². The smallest absolute Gasteiger partial charge is 0.208 e. The average Bonchev–Trinajstić information content (AvgIpc) is 3.28. The van der Waals surface area contributed by atoms with Gasteiger partial charge in [0.2, 0.25) is 5.16 Å². The topological polar surface area (TPSA) is 64.8 Å². The largest absolute Gasteiger partial charge is 0.299 e. The van der Waals surface area contributed by atoms with Gasteiger partial charge in [0.1, 0.15) is 12.1 Å². The van der Waals surface area contributed by atoms with E-state index in [0.29, 0.717) is 17.3 Å². The number of halogens is 1. The average molecular weight is 394 g/mol. The molecule has 7 heteroatoms. The highest BCUT2D eigenvalue weighted by molar-refractivity contribution is 9.10. The van der Waals surface area contributed by atoms with E-state index in [1.165, 1.54) is 11.8 Å². The molecule has 0 bridgehead atoms. The predicted octanol–water partition coefficient (Wildman–Crippen LogP) is 3.36. The zero-order chi connectivity index (χ0) is 16.4. The maximum Gasteiger partial charge on any atom is 0.208 e. The Kier molecular flexibility index (Phi) is 4.96. The second-order valence-electron chi connectivity index (χ2n) is 5.57. The molecule has 2 aromatic rings. The normalized spacial score (nSPS) is 14.0. The van der Waals surface area contributed by atoms with E-state index >= 15 is 0 Å². The van der Waals surface area contributed by atoms with Gasteiger partial charge in [-0.1, -0.05) is 27.7 Å². The molecule has 1 aromatic heterocycles. The minimum atomic E-state index is -0.116. The van der Waals surface area contributed by atoms with Crippen LogP contribution >= 0.6 is 27.7 Å². The van der Waals surface area contributed by atoms with E-state index < -0.39 is 0 Å². The van der Waals surface area contributed by atoms with Crippen LogP contribution in [-0.2, 0) is 11.3 Å². The second kappa shape index (κ2) is 6.97. The second-order valence-corrected chi connectivity index (χ2v) is 7.26. The molecular weight excluding hydrogens is 378 g/mol. The van der Waals surface area contributed by atoms with Crippen molar-refractivity contribution in [3.8, 4) is 0 Å². The third-order valence-electron chi connectivity index (χ3n) is 3.77. The van der Waals surface area contributed by atoms with Crippen LogP contribution in [0.25, 0.3) is 0 Å². The molecule has 1 aliphatic rings. The van der Waals surface area contributed by atoms with E-state index in [4.69, 9.17) is 0 Å². The molecule has 120 valence electrons. The number of benzene rings is 1. The van der Waals surface area contributed by atoms with Gasteiger partial charge in [0.15, 0.2) is 5.78 Å². The van der Waals surface area contributed by atoms with Crippen LogP contribution in [0.4, 0.5) is 0 Å². The molecule has 1 saturated carbocycles. The zero-order valence-electron chi connectivity index (χ0n) is 12.7. The first-order valence-electron chi connectivity index (χ1n) is 7.34. The van der Waals surface area contributed by atoms with Gasteiger partial charge in [0, 0.05) is 16.0 Å². The lowest BCUT2D eigenvalue weighted by atomic mass is 9.99.